The molecule has 1 aromatic rings. The molecule has 2 atom stereocenters. The molecule has 2 N–H and O–H groups in total. The molecule has 1 nitrogen and oxygen atoms in total. The molecule has 1 fully saturated rings. The van der Waals surface area contributed by atoms with E-state index in [1.807, 2.05) is 11.3 Å². The lowest BCUT2D eigenvalue weighted by Crippen LogP contribution is -2.05. The Bertz CT molecular complexity index is 340. The third-order valence-corrected chi connectivity index (χ3v) is 6.61. The largest absolute Gasteiger partial charge is 0.330 e. The molecule has 0 bridgehead atoms. The maximum absolute atomic E-state index is 5.76. The number of thiophene rings is 1. The van der Waals surface area contributed by atoms with Gasteiger partial charge in [0.15, 0.2) is 0 Å². The van der Waals surface area contributed by atoms with Gasteiger partial charge in [-0.15, -0.1) is 11.3 Å². The second-order valence-electron chi connectivity index (χ2n) is 4.41. The molecular formula is C10H13Br2NS. The van der Waals surface area contributed by atoms with Crippen LogP contribution in [-0.4, -0.2) is 6.54 Å². The van der Waals surface area contributed by atoms with E-state index in [2.05, 4.69) is 51.8 Å². The van der Waals surface area contributed by atoms with Gasteiger partial charge in [0.25, 0.3) is 0 Å². The first-order chi connectivity index (χ1) is 6.48. The van der Waals surface area contributed by atoms with Crippen molar-refractivity contribution in [3.05, 3.63) is 19.2 Å². The zero-order chi connectivity index (χ0) is 10.5. The third-order valence-electron chi connectivity index (χ3n) is 3.28. The van der Waals surface area contributed by atoms with Crippen LogP contribution < -0.4 is 5.73 Å². The Morgan fingerprint density at radius 3 is 2.50 bits per heavy atom. The van der Waals surface area contributed by atoms with E-state index >= 15 is 0 Å². The summed E-state index contributed by atoms with van der Waals surface area (Å²) >= 11 is 8.88. The minimum Gasteiger partial charge on any atom is -0.330 e. The van der Waals surface area contributed by atoms with Gasteiger partial charge in [-0.3, -0.25) is 0 Å². The van der Waals surface area contributed by atoms with Crippen LogP contribution in [0, 0.1) is 11.3 Å². The summed E-state index contributed by atoms with van der Waals surface area (Å²) in [7, 11) is 0. The summed E-state index contributed by atoms with van der Waals surface area (Å²) in [6.07, 6.45) is 0. The monoisotopic (exact) mass is 337 g/mol. The van der Waals surface area contributed by atoms with Gasteiger partial charge in [-0.2, -0.15) is 0 Å². The molecule has 0 aliphatic heterocycles. The fourth-order valence-corrected chi connectivity index (χ4v) is 4.72. The van der Waals surface area contributed by atoms with E-state index in [-0.39, 0.29) is 0 Å². The highest BCUT2D eigenvalue weighted by Crippen LogP contribution is 2.65. The highest BCUT2D eigenvalue weighted by atomic mass is 79.9. The van der Waals surface area contributed by atoms with Crippen molar-refractivity contribution in [1.82, 2.24) is 0 Å². The van der Waals surface area contributed by atoms with Crippen LogP contribution in [0.5, 0.6) is 0 Å². The highest BCUT2D eigenvalue weighted by molar-refractivity contribution is 9.13. The standard InChI is InChI=1S/C10H13Br2NS/c1-10(2)5(4-13)8(10)7-3-6(11)9(12)14-7/h3,5,8H,4,13H2,1-2H3. The summed E-state index contributed by atoms with van der Waals surface area (Å²) in [4.78, 5) is 1.45. The number of rotatable bonds is 2. The number of hydrogen-bond donors (Lipinski definition) is 1. The molecule has 0 spiro atoms. The van der Waals surface area contributed by atoms with Gasteiger partial charge in [-0.1, -0.05) is 13.8 Å². The zero-order valence-electron chi connectivity index (χ0n) is 8.18. The molecular weight excluding hydrogens is 326 g/mol. The molecule has 1 aliphatic rings. The Hall–Kier alpha value is 0.620. The maximum atomic E-state index is 5.76. The third kappa shape index (κ3) is 1.60. The van der Waals surface area contributed by atoms with Crippen molar-refractivity contribution >= 4 is 43.2 Å². The molecule has 0 radical (unpaired) electrons. The van der Waals surface area contributed by atoms with E-state index in [0.717, 1.165) is 11.0 Å². The Labute approximate surface area is 105 Å². The molecule has 4 heteroatoms. The molecule has 0 aromatic carbocycles. The Kier molecular flexibility index (Phi) is 2.84. The van der Waals surface area contributed by atoms with E-state index in [0.29, 0.717) is 17.3 Å². The lowest BCUT2D eigenvalue weighted by molar-refractivity contribution is 0.559. The van der Waals surface area contributed by atoms with Gasteiger partial charge >= 0.3 is 0 Å². The first kappa shape index (κ1) is 11.1. The van der Waals surface area contributed by atoms with Crippen molar-refractivity contribution in [1.29, 1.82) is 0 Å². The van der Waals surface area contributed by atoms with Gasteiger partial charge in [0, 0.05) is 15.3 Å². The summed E-state index contributed by atoms with van der Waals surface area (Å²) in [6, 6.07) is 2.22. The molecule has 1 heterocycles. The van der Waals surface area contributed by atoms with Crippen LogP contribution in [0.2, 0.25) is 0 Å². The second kappa shape index (κ2) is 3.58. The fourth-order valence-electron chi connectivity index (χ4n) is 2.27. The minimum absolute atomic E-state index is 0.387. The normalized spacial score (nSPS) is 29.2. The molecule has 2 unspecified atom stereocenters. The van der Waals surface area contributed by atoms with E-state index in [1.165, 1.54) is 8.66 Å². The van der Waals surface area contributed by atoms with Crippen molar-refractivity contribution in [2.75, 3.05) is 6.54 Å². The van der Waals surface area contributed by atoms with Crippen molar-refractivity contribution in [3.8, 4) is 0 Å². The van der Waals surface area contributed by atoms with E-state index in [9.17, 15) is 0 Å². The van der Waals surface area contributed by atoms with Crippen LogP contribution in [0.4, 0.5) is 0 Å². The van der Waals surface area contributed by atoms with Crippen LogP contribution in [0.25, 0.3) is 0 Å². The summed E-state index contributed by atoms with van der Waals surface area (Å²) < 4.78 is 2.35. The molecule has 1 saturated carbocycles. The van der Waals surface area contributed by atoms with Gasteiger partial charge in [0.2, 0.25) is 0 Å². The number of nitrogens with two attached hydrogens (primary N) is 1. The van der Waals surface area contributed by atoms with Crippen LogP contribution in [-0.2, 0) is 0 Å². The van der Waals surface area contributed by atoms with Gasteiger partial charge in [-0.05, 0) is 55.8 Å². The van der Waals surface area contributed by atoms with E-state index in [1.54, 1.807) is 0 Å². The SMILES string of the molecule is CC1(C)C(CN)C1c1cc(Br)c(Br)s1. The van der Waals surface area contributed by atoms with Gasteiger partial charge in [0.05, 0.1) is 3.79 Å². The number of hydrogen-bond acceptors (Lipinski definition) is 2. The highest BCUT2D eigenvalue weighted by Gasteiger charge is 2.57. The first-order valence-corrected chi connectivity index (χ1v) is 7.03. The summed E-state index contributed by atoms with van der Waals surface area (Å²) in [5, 5.41) is 0. The smallest absolute Gasteiger partial charge is 0.0843 e. The number of halogens is 2. The molecule has 1 aliphatic carbocycles. The van der Waals surface area contributed by atoms with Crippen LogP contribution >= 0.6 is 43.2 Å². The molecule has 14 heavy (non-hydrogen) atoms. The van der Waals surface area contributed by atoms with Crippen LogP contribution in [0.3, 0.4) is 0 Å². The summed E-state index contributed by atoms with van der Waals surface area (Å²) in [6.45, 7) is 5.40. The zero-order valence-corrected chi connectivity index (χ0v) is 12.2. The molecule has 2 rings (SSSR count). The average molecular weight is 339 g/mol. The van der Waals surface area contributed by atoms with E-state index in [4.69, 9.17) is 5.73 Å². The first-order valence-electron chi connectivity index (χ1n) is 4.63. The average Bonchev–Trinajstić information content (AvgIpc) is 2.50. The maximum Gasteiger partial charge on any atom is 0.0843 e. The van der Waals surface area contributed by atoms with Crippen LogP contribution in [0.15, 0.2) is 14.3 Å². The quantitative estimate of drug-likeness (QED) is 0.867. The summed E-state index contributed by atoms with van der Waals surface area (Å²) in [5.74, 6) is 1.31. The van der Waals surface area contributed by atoms with E-state index < -0.39 is 0 Å². The predicted molar refractivity (Wildman–Crippen MR) is 68.8 cm³/mol. The lowest BCUT2D eigenvalue weighted by Gasteiger charge is -1.98. The molecule has 0 amide bonds. The summed E-state index contributed by atoms with van der Waals surface area (Å²) in [5.41, 5.74) is 6.15. The van der Waals surface area contributed by atoms with Crippen LogP contribution in [0.1, 0.15) is 24.6 Å². The second-order valence-corrected chi connectivity index (χ2v) is 7.67. The van der Waals surface area contributed by atoms with Gasteiger partial charge in [0.1, 0.15) is 0 Å². The Morgan fingerprint density at radius 2 is 2.14 bits per heavy atom. The van der Waals surface area contributed by atoms with Crippen molar-refractivity contribution in [2.45, 2.75) is 19.8 Å². The van der Waals surface area contributed by atoms with Gasteiger partial charge < -0.3 is 5.73 Å². The van der Waals surface area contributed by atoms with Crippen molar-refractivity contribution < 1.29 is 0 Å². The topological polar surface area (TPSA) is 26.0 Å². The minimum atomic E-state index is 0.387. The van der Waals surface area contributed by atoms with Gasteiger partial charge in [-0.25, -0.2) is 0 Å². The molecule has 0 saturated heterocycles. The molecule has 78 valence electrons. The van der Waals surface area contributed by atoms with Crippen molar-refractivity contribution in [2.24, 2.45) is 17.1 Å². The van der Waals surface area contributed by atoms with Crippen molar-refractivity contribution in [3.63, 3.8) is 0 Å². The lowest BCUT2D eigenvalue weighted by atomic mass is 10.1. The Morgan fingerprint density at radius 1 is 1.50 bits per heavy atom. The Balaban J connectivity index is 2.26. The fraction of sp³-hybridized carbons (Fsp3) is 0.600. The predicted octanol–water partition coefficient (Wildman–Crippen LogP) is 3.97. The molecule has 1 aromatic heterocycles.